The zero-order valence-electron chi connectivity index (χ0n) is 8.76. The van der Waals surface area contributed by atoms with Gasteiger partial charge in [0.25, 0.3) is 0 Å². The van der Waals surface area contributed by atoms with Gasteiger partial charge < -0.3 is 24.4 Å². The number of aliphatic carboxylic acids is 1. The Balaban J connectivity index is 2.30. The predicted molar refractivity (Wildman–Crippen MR) is 47.0 cm³/mol. The minimum Gasteiger partial charge on any atom is -0.479 e. The van der Waals surface area contributed by atoms with Crippen LogP contribution in [0.3, 0.4) is 0 Å². The minimum atomic E-state index is -2.04. The third-order valence-corrected chi connectivity index (χ3v) is 2.79. The lowest BCUT2D eigenvalue weighted by atomic mass is 9.94. The molecule has 0 aromatic carbocycles. The number of ether oxygens (including phenoxy) is 3. The molecule has 2 aliphatic rings. The summed E-state index contributed by atoms with van der Waals surface area (Å²) >= 11 is 0. The molecule has 0 amide bonds. The molecule has 2 saturated heterocycles. The molecule has 0 unspecified atom stereocenters. The zero-order chi connectivity index (χ0) is 11.4. The van der Waals surface area contributed by atoms with Gasteiger partial charge in [0.2, 0.25) is 5.60 Å². The fourth-order valence-electron chi connectivity index (χ4n) is 1.96. The molecule has 4 atom stereocenters. The highest BCUT2D eigenvalue weighted by Gasteiger charge is 2.65. The van der Waals surface area contributed by atoms with Gasteiger partial charge in [-0.15, -0.1) is 0 Å². The van der Waals surface area contributed by atoms with E-state index in [1.54, 1.807) is 13.8 Å². The molecule has 0 bridgehead atoms. The van der Waals surface area contributed by atoms with E-state index in [1.165, 1.54) is 6.92 Å². The van der Waals surface area contributed by atoms with Crippen molar-refractivity contribution in [3.63, 3.8) is 0 Å². The molecule has 0 aromatic rings. The van der Waals surface area contributed by atoms with E-state index in [0.717, 1.165) is 0 Å². The molecule has 6 nitrogen and oxygen atoms in total. The summed E-state index contributed by atoms with van der Waals surface area (Å²) in [6, 6.07) is 0. The van der Waals surface area contributed by atoms with Crippen LogP contribution in [-0.4, -0.2) is 46.1 Å². The van der Waals surface area contributed by atoms with Crippen LogP contribution in [0, 0.1) is 0 Å². The molecule has 0 radical (unpaired) electrons. The van der Waals surface area contributed by atoms with E-state index in [1.807, 2.05) is 0 Å². The molecule has 0 spiro atoms. The van der Waals surface area contributed by atoms with Crippen LogP contribution in [0.2, 0.25) is 0 Å². The number of carboxylic acids is 1. The maximum Gasteiger partial charge on any atom is 0.341 e. The second kappa shape index (κ2) is 2.91. The molecule has 2 aliphatic heterocycles. The third kappa shape index (κ3) is 1.37. The molecule has 2 fully saturated rings. The molecule has 0 aromatic heterocycles. The number of hydrogen-bond acceptors (Lipinski definition) is 5. The van der Waals surface area contributed by atoms with Gasteiger partial charge in [0.05, 0.1) is 0 Å². The van der Waals surface area contributed by atoms with Crippen molar-refractivity contribution in [3.8, 4) is 0 Å². The van der Waals surface area contributed by atoms with Gasteiger partial charge in [-0.05, 0) is 20.8 Å². The lowest BCUT2D eigenvalue weighted by Crippen LogP contribution is -2.54. The smallest absolute Gasteiger partial charge is 0.341 e. The van der Waals surface area contributed by atoms with Crippen LogP contribution in [0.4, 0.5) is 0 Å². The van der Waals surface area contributed by atoms with E-state index in [2.05, 4.69) is 0 Å². The summed E-state index contributed by atoms with van der Waals surface area (Å²) in [5.41, 5.74) is -2.04. The highest BCUT2D eigenvalue weighted by Crippen LogP contribution is 2.42. The van der Waals surface area contributed by atoms with E-state index < -0.39 is 35.9 Å². The molecular formula is C9H14O6. The maximum atomic E-state index is 11.0. The standard InChI is InChI=1S/C9H14O6/c1-4-9(12,7(10)11)5-6(13-4)15-8(2,3)14-5/h4-6,12H,1-3H3,(H,10,11)/t4-,5+,6-,9+/m0/s1. The van der Waals surface area contributed by atoms with E-state index in [9.17, 15) is 9.90 Å². The Morgan fingerprint density at radius 3 is 2.47 bits per heavy atom. The van der Waals surface area contributed by atoms with Crippen molar-refractivity contribution in [3.05, 3.63) is 0 Å². The number of fused-ring (bicyclic) bond motifs is 1. The Kier molecular flexibility index (Phi) is 2.10. The normalized spacial score (nSPS) is 47.9. The van der Waals surface area contributed by atoms with Gasteiger partial charge in [0.15, 0.2) is 18.2 Å². The average Bonchev–Trinajstić information content (AvgIpc) is 2.48. The number of hydrogen-bond donors (Lipinski definition) is 2. The monoisotopic (exact) mass is 218 g/mol. The van der Waals surface area contributed by atoms with Crippen LogP contribution >= 0.6 is 0 Å². The Bertz CT molecular complexity index is 301. The van der Waals surface area contributed by atoms with Crippen molar-refractivity contribution < 1.29 is 29.2 Å². The van der Waals surface area contributed by atoms with Crippen LogP contribution in [-0.2, 0) is 19.0 Å². The van der Waals surface area contributed by atoms with Gasteiger partial charge in [-0.25, -0.2) is 4.79 Å². The molecule has 86 valence electrons. The van der Waals surface area contributed by atoms with Crippen molar-refractivity contribution in [2.45, 2.75) is 50.7 Å². The number of carbonyl (C=O) groups is 1. The second-order valence-corrected chi connectivity index (χ2v) is 4.33. The molecule has 0 saturated carbocycles. The van der Waals surface area contributed by atoms with Crippen LogP contribution in [0.5, 0.6) is 0 Å². The minimum absolute atomic E-state index is 0.823. The van der Waals surface area contributed by atoms with E-state index in [-0.39, 0.29) is 0 Å². The van der Waals surface area contributed by atoms with Crippen LogP contribution in [0.25, 0.3) is 0 Å². The molecule has 2 heterocycles. The first-order chi connectivity index (χ1) is 6.77. The van der Waals surface area contributed by atoms with Gasteiger partial charge in [0.1, 0.15) is 6.10 Å². The molecule has 6 heteroatoms. The average molecular weight is 218 g/mol. The Labute approximate surface area is 86.7 Å². The lowest BCUT2D eigenvalue weighted by molar-refractivity contribution is -0.229. The molecule has 2 N–H and O–H groups in total. The summed E-state index contributed by atoms with van der Waals surface area (Å²) in [5.74, 6) is -2.29. The third-order valence-electron chi connectivity index (χ3n) is 2.79. The quantitative estimate of drug-likeness (QED) is 0.628. The first-order valence-electron chi connectivity index (χ1n) is 4.74. The van der Waals surface area contributed by atoms with E-state index in [4.69, 9.17) is 19.3 Å². The summed E-state index contributed by atoms with van der Waals surface area (Å²) in [7, 11) is 0. The highest BCUT2D eigenvalue weighted by molar-refractivity contribution is 5.79. The van der Waals surface area contributed by atoms with Crippen molar-refractivity contribution in [2.75, 3.05) is 0 Å². The lowest BCUT2D eigenvalue weighted by Gasteiger charge is -2.27. The highest BCUT2D eigenvalue weighted by atomic mass is 16.8. The first-order valence-corrected chi connectivity index (χ1v) is 4.74. The van der Waals surface area contributed by atoms with Crippen LogP contribution in [0.15, 0.2) is 0 Å². The van der Waals surface area contributed by atoms with Crippen molar-refractivity contribution in [2.24, 2.45) is 0 Å². The Morgan fingerprint density at radius 2 is 1.93 bits per heavy atom. The van der Waals surface area contributed by atoms with Crippen LogP contribution in [0.1, 0.15) is 20.8 Å². The number of rotatable bonds is 1. The van der Waals surface area contributed by atoms with E-state index in [0.29, 0.717) is 0 Å². The predicted octanol–water partition coefficient (Wildman–Crippen LogP) is -0.302. The molecule has 0 aliphatic carbocycles. The van der Waals surface area contributed by atoms with Crippen LogP contribution < -0.4 is 0 Å². The fraction of sp³-hybridized carbons (Fsp3) is 0.889. The van der Waals surface area contributed by atoms with Gasteiger partial charge in [-0.3, -0.25) is 0 Å². The first kappa shape index (κ1) is 10.8. The Hall–Kier alpha value is -0.690. The number of aliphatic hydroxyl groups is 1. The molecule has 2 rings (SSSR count). The maximum absolute atomic E-state index is 11.0. The second-order valence-electron chi connectivity index (χ2n) is 4.33. The van der Waals surface area contributed by atoms with Crippen molar-refractivity contribution in [1.82, 2.24) is 0 Å². The van der Waals surface area contributed by atoms with Gasteiger partial charge in [0, 0.05) is 0 Å². The largest absolute Gasteiger partial charge is 0.479 e. The summed E-state index contributed by atoms with van der Waals surface area (Å²) in [6.45, 7) is 4.76. The van der Waals surface area contributed by atoms with Crippen molar-refractivity contribution in [1.29, 1.82) is 0 Å². The van der Waals surface area contributed by atoms with E-state index >= 15 is 0 Å². The van der Waals surface area contributed by atoms with Gasteiger partial charge in [-0.1, -0.05) is 0 Å². The summed E-state index contributed by atoms with van der Waals surface area (Å²) in [4.78, 5) is 11.0. The van der Waals surface area contributed by atoms with Crippen molar-refractivity contribution >= 4 is 5.97 Å². The van der Waals surface area contributed by atoms with Gasteiger partial charge in [-0.2, -0.15) is 0 Å². The zero-order valence-corrected chi connectivity index (χ0v) is 8.76. The summed E-state index contributed by atoms with van der Waals surface area (Å²) < 4.78 is 15.9. The Morgan fingerprint density at radius 1 is 1.33 bits per heavy atom. The summed E-state index contributed by atoms with van der Waals surface area (Å²) in [6.07, 6.45) is -2.67. The SMILES string of the molecule is C[C@@H]1O[C@H]2OC(C)(C)O[C@H]2[C@@]1(O)C(=O)O. The molecular weight excluding hydrogens is 204 g/mol. The molecule has 15 heavy (non-hydrogen) atoms. The fourth-order valence-corrected chi connectivity index (χ4v) is 1.96. The topological polar surface area (TPSA) is 85.2 Å². The number of carboxylic acid groups (broad SMARTS) is 1. The van der Waals surface area contributed by atoms with Gasteiger partial charge >= 0.3 is 5.97 Å². The summed E-state index contributed by atoms with van der Waals surface area (Å²) in [5, 5.41) is 19.0.